The summed E-state index contributed by atoms with van der Waals surface area (Å²) in [6.07, 6.45) is 25.7. The van der Waals surface area contributed by atoms with Gasteiger partial charge in [-0.25, -0.2) is 0 Å². The third kappa shape index (κ3) is 7.72. The van der Waals surface area contributed by atoms with Gasteiger partial charge >= 0.3 is 0 Å². The zero-order chi connectivity index (χ0) is 26.2. The van der Waals surface area contributed by atoms with E-state index in [1.165, 1.54) is 89.9 Å². The highest BCUT2D eigenvalue weighted by atomic mass is 79.9. The highest BCUT2D eigenvalue weighted by molar-refractivity contribution is 9.09. The Morgan fingerprint density at radius 1 is 1.00 bits per heavy atom. The fourth-order valence-corrected chi connectivity index (χ4v) is 9.06. The number of carbonyl (C=O) groups is 1. The van der Waals surface area contributed by atoms with E-state index in [9.17, 15) is 4.79 Å². The molecule has 0 aromatic heterocycles. The van der Waals surface area contributed by atoms with E-state index in [1.807, 2.05) is 0 Å². The fraction of sp³-hybridized carbons (Fsp3) is 0.912. The van der Waals surface area contributed by atoms with Crippen LogP contribution in [0, 0.1) is 40.4 Å². The molecule has 0 heterocycles. The zero-order valence-corrected chi connectivity index (χ0v) is 26.3. The molecular weight excluding hydrogens is 504 g/mol. The molecule has 0 aromatic carbocycles. The summed E-state index contributed by atoms with van der Waals surface area (Å²) >= 11 is 3.51. The SMILES string of the molecule is CC/C=C1/CC(CC(=O)CCCCCBr)CCC1(C)C1CCC2(C)C(CCCCC(C)C)CCC2C1. The van der Waals surface area contributed by atoms with Crippen LogP contribution in [0.4, 0.5) is 0 Å². The van der Waals surface area contributed by atoms with Crippen LogP contribution in [-0.2, 0) is 4.79 Å². The quantitative estimate of drug-likeness (QED) is 0.117. The van der Waals surface area contributed by atoms with Crippen molar-refractivity contribution in [3.63, 3.8) is 0 Å². The Morgan fingerprint density at radius 3 is 2.53 bits per heavy atom. The van der Waals surface area contributed by atoms with Gasteiger partial charge in [0, 0.05) is 18.2 Å². The van der Waals surface area contributed by atoms with Crippen LogP contribution in [0.2, 0.25) is 0 Å². The molecule has 0 aliphatic heterocycles. The number of carbonyl (C=O) groups excluding carboxylic acids is 1. The monoisotopic (exact) mass is 562 g/mol. The van der Waals surface area contributed by atoms with E-state index >= 15 is 0 Å². The van der Waals surface area contributed by atoms with Crippen LogP contribution >= 0.6 is 15.9 Å². The van der Waals surface area contributed by atoms with Crippen molar-refractivity contribution >= 4 is 21.7 Å². The molecule has 208 valence electrons. The molecule has 0 aromatic rings. The van der Waals surface area contributed by atoms with Gasteiger partial charge in [-0.05, 0) is 117 Å². The number of ketones is 1. The predicted octanol–water partition coefficient (Wildman–Crippen LogP) is 11.1. The van der Waals surface area contributed by atoms with E-state index in [4.69, 9.17) is 0 Å². The molecular formula is C34H59BrO. The smallest absolute Gasteiger partial charge is 0.133 e. The average Bonchev–Trinajstić information content (AvgIpc) is 3.17. The molecule has 0 saturated heterocycles. The maximum atomic E-state index is 12.7. The minimum atomic E-state index is 0.377. The Hall–Kier alpha value is -0.110. The third-order valence-corrected chi connectivity index (χ3v) is 11.7. The lowest BCUT2D eigenvalue weighted by molar-refractivity contribution is -0.120. The molecule has 1 nitrogen and oxygen atoms in total. The van der Waals surface area contributed by atoms with E-state index in [1.54, 1.807) is 5.57 Å². The second-order valence-corrected chi connectivity index (χ2v) is 14.8. The Bertz CT molecular complexity index is 710. The molecule has 0 bridgehead atoms. The topological polar surface area (TPSA) is 17.1 Å². The van der Waals surface area contributed by atoms with Crippen molar-refractivity contribution in [3.8, 4) is 0 Å². The summed E-state index contributed by atoms with van der Waals surface area (Å²) < 4.78 is 0. The first kappa shape index (κ1) is 30.4. The van der Waals surface area contributed by atoms with E-state index in [0.29, 0.717) is 22.5 Å². The molecule has 6 unspecified atom stereocenters. The molecule has 2 heteroatoms. The van der Waals surface area contributed by atoms with Gasteiger partial charge in [0.1, 0.15) is 5.78 Å². The highest BCUT2D eigenvalue weighted by Crippen LogP contribution is 2.62. The molecule has 3 fully saturated rings. The Balaban J connectivity index is 1.56. The van der Waals surface area contributed by atoms with Crippen molar-refractivity contribution in [1.29, 1.82) is 0 Å². The molecule has 0 amide bonds. The van der Waals surface area contributed by atoms with Gasteiger partial charge in [0.25, 0.3) is 0 Å². The molecule has 36 heavy (non-hydrogen) atoms. The summed E-state index contributed by atoms with van der Waals surface area (Å²) in [7, 11) is 0. The molecule has 3 aliphatic rings. The lowest BCUT2D eigenvalue weighted by Gasteiger charge is -2.52. The van der Waals surface area contributed by atoms with E-state index in [0.717, 1.165) is 54.7 Å². The van der Waals surface area contributed by atoms with Crippen molar-refractivity contribution in [2.45, 2.75) is 150 Å². The van der Waals surface area contributed by atoms with E-state index < -0.39 is 0 Å². The first-order valence-corrected chi connectivity index (χ1v) is 17.1. The summed E-state index contributed by atoms with van der Waals surface area (Å²) in [5.41, 5.74) is 2.71. The molecule has 0 spiro atoms. The number of Topliss-reactive ketones (excluding diaryl/α,β-unsaturated/α-hetero) is 1. The van der Waals surface area contributed by atoms with Crippen molar-refractivity contribution in [1.82, 2.24) is 0 Å². The first-order chi connectivity index (χ1) is 17.2. The Labute approximate surface area is 233 Å². The number of rotatable bonds is 14. The zero-order valence-electron chi connectivity index (χ0n) is 24.7. The Kier molecular flexibility index (Phi) is 12.1. The average molecular weight is 564 g/mol. The van der Waals surface area contributed by atoms with Gasteiger partial charge in [-0.1, -0.05) is 87.9 Å². The number of hydrogen-bond donors (Lipinski definition) is 0. The molecule has 6 atom stereocenters. The minimum Gasteiger partial charge on any atom is -0.300 e. The van der Waals surface area contributed by atoms with Crippen LogP contribution in [0.5, 0.6) is 0 Å². The van der Waals surface area contributed by atoms with Crippen molar-refractivity contribution in [2.75, 3.05) is 5.33 Å². The third-order valence-electron chi connectivity index (χ3n) is 11.2. The van der Waals surface area contributed by atoms with E-state index in [-0.39, 0.29) is 0 Å². The summed E-state index contributed by atoms with van der Waals surface area (Å²) in [5.74, 6) is 4.75. The van der Waals surface area contributed by atoms with Crippen LogP contribution in [0.1, 0.15) is 150 Å². The summed E-state index contributed by atoms with van der Waals surface area (Å²) in [6, 6.07) is 0. The highest BCUT2D eigenvalue weighted by Gasteiger charge is 2.52. The molecule has 3 aliphatic carbocycles. The van der Waals surface area contributed by atoms with Gasteiger partial charge in [0.2, 0.25) is 0 Å². The lowest BCUT2D eigenvalue weighted by Crippen LogP contribution is -2.42. The number of alkyl halides is 1. The standard InChI is InChI=1S/C34H59BrO/c1-6-12-29-23-27(24-32(36)15-8-7-11-22-35)18-20-34(29,5)31-19-21-33(4)28(16-17-30(33)25-31)14-10-9-13-26(2)3/h12,26-28,30-31H,6-11,13-25H2,1-5H3/b29-12-. The van der Waals surface area contributed by atoms with Crippen LogP contribution in [0.25, 0.3) is 0 Å². The largest absolute Gasteiger partial charge is 0.300 e. The summed E-state index contributed by atoms with van der Waals surface area (Å²) in [4.78, 5) is 12.7. The van der Waals surface area contributed by atoms with Gasteiger partial charge in [-0.15, -0.1) is 0 Å². The fourth-order valence-electron chi connectivity index (χ4n) is 8.66. The van der Waals surface area contributed by atoms with Crippen LogP contribution < -0.4 is 0 Å². The number of hydrogen-bond acceptors (Lipinski definition) is 1. The summed E-state index contributed by atoms with van der Waals surface area (Å²) in [6.45, 7) is 12.4. The number of allylic oxidation sites excluding steroid dienone is 2. The van der Waals surface area contributed by atoms with Crippen LogP contribution in [0.3, 0.4) is 0 Å². The minimum absolute atomic E-state index is 0.377. The maximum Gasteiger partial charge on any atom is 0.133 e. The van der Waals surface area contributed by atoms with Gasteiger partial charge in [-0.2, -0.15) is 0 Å². The van der Waals surface area contributed by atoms with Gasteiger partial charge < -0.3 is 0 Å². The second kappa shape index (κ2) is 14.3. The number of unbranched alkanes of at least 4 members (excludes halogenated alkanes) is 3. The number of halogens is 1. The van der Waals surface area contributed by atoms with Gasteiger partial charge in [0.15, 0.2) is 0 Å². The normalized spacial score (nSPS) is 35.9. The van der Waals surface area contributed by atoms with Crippen molar-refractivity contribution in [2.24, 2.45) is 40.4 Å². The number of fused-ring (bicyclic) bond motifs is 1. The maximum absolute atomic E-state index is 12.7. The van der Waals surface area contributed by atoms with Crippen LogP contribution in [-0.4, -0.2) is 11.1 Å². The van der Waals surface area contributed by atoms with Crippen molar-refractivity contribution < 1.29 is 4.79 Å². The van der Waals surface area contributed by atoms with Gasteiger partial charge in [-0.3, -0.25) is 4.79 Å². The Morgan fingerprint density at radius 2 is 1.81 bits per heavy atom. The molecule has 3 saturated carbocycles. The van der Waals surface area contributed by atoms with E-state index in [2.05, 4.69) is 56.6 Å². The van der Waals surface area contributed by atoms with Gasteiger partial charge in [0.05, 0.1) is 0 Å². The first-order valence-electron chi connectivity index (χ1n) is 16.0. The summed E-state index contributed by atoms with van der Waals surface area (Å²) in [5, 5.41) is 1.06. The molecule has 0 N–H and O–H groups in total. The predicted molar refractivity (Wildman–Crippen MR) is 161 cm³/mol. The lowest BCUT2D eigenvalue weighted by atomic mass is 9.53. The molecule has 3 rings (SSSR count). The van der Waals surface area contributed by atoms with Crippen molar-refractivity contribution in [3.05, 3.63) is 11.6 Å². The molecule has 0 radical (unpaired) electrons. The van der Waals surface area contributed by atoms with Crippen LogP contribution in [0.15, 0.2) is 11.6 Å². The second-order valence-electron chi connectivity index (χ2n) is 14.0.